The van der Waals surface area contributed by atoms with Crippen LogP contribution in [-0.4, -0.2) is 27.4 Å². The first-order valence-corrected chi connectivity index (χ1v) is 10.8. The van der Waals surface area contributed by atoms with Gasteiger partial charge in [0, 0.05) is 6.54 Å². The molecular formula is C20H21N3O2S2. The minimum atomic E-state index is -1.42. The number of hydrogen-bond donors (Lipinski definition) is 2. The SMILES string of the molecule is C=CCC(C(=O)NCCS(N)=O)c1nc2ccc(-c3ccccc3)cc2s1. The van der Waals surface area contributed by atoms with Gasteiger partial charge in [-0.2, -0.15) is 0 Å². The number of carbonyl (C=O) groups excluding carboxylic acids is 1. The van der Waals surface area contributed by atoms with Crippen LogP contribution in [0.5, 0.6) is 0 Å². The zero-order valence-corrected chi connectivity index (χ0v) is 16.4. The lowest BCUT2D eigenvalue weighted by Gasteiger charge is -2.12. The second-order valence-corrected chi connectivity index (χ2v) is 8.29. The molecule has 0 saturated carbocycles. The van der Waals surface area contributed by atoms with E-state index in [2.05, 4.69) is 35.1 Å². The Morgan fingerprint density at radius 1 is 1.26 bits per heavy atom. The first-order chi connectivity index (χ1) is 13.1. The molecule has 2 unspecified atom stereocenters. The molecule has 27 heavy (non-hydrogen) atoms. The fraction of sp³-hybridized carbons (Fsp3) is 0.200. The van der Waals surface area contributed by atoms with E-state index < -0.39 is 16.9 Å². The lowest BCUT2D eigenvalue weighted by atomic mass is 10.1. The smallest absolute Gasteiger partial charge is 0.230 e. The predicted octanol–water partition coefficient (Wildman–Crippen LogP) is 3.36. The van der Waals surface area contributed by atoms with Crippen LogP contribution in [0, 0.1) is 0 Å². The van der Waals surface area contributed by atoms with Gasteiger partial charge in [0.2, 0.25) is 5.91 Å². The molecule has 0 radical (unpaired) electrons. The van der Waals surface area contributed by atoms with E-state index in [1.807, 2.05) is 30.3 Å². The van der Waals surface area contributed by atoms with Crippen LogP contribution in [0.1, 0.15) is 17.3 Å². The Bertz CT molecular complexity index is 970. The van der Waals surface area contributed by atoms with Gasteiger partial charge in [-0.05, 0) is 29.7 Å². The van der Waals surface area contributed by atoms with Crippen molar-refractivity contribution in [3.63, 3.8) is 0 Å². The van der Waals surface area contributed by atoms with Crippen molar-refractivity contribution in [2.24, 2.45) is 5.14 Å². The zero-order chi connectivity index (χ0) is 19.2. The minimum Gasteiger partial charge on any atom is -0.355 e. The summed E-state index contributed by atoms with van der Waals surface area (Å²) in [5, 5.41) is 8.77. The van der Waals surface area contributed by atoms with E-state index in [1.54, 1.807) is 6.08 Å². The third-order valence-electron chi connectivity index (χ3n) is 4.13. The van der Waals surface area contributed by atoms with Crippen LogP contribution in [0.2, 0.25) is 0 Å². The Balaban J connectivity index is 1.85. The molecule has 0 spiro atoms. The minimum absolute atomic E-state index is 0.150. The van der Waals surface area contributed by atoms with Gasteiger partial charge in [-0.3, -0.25) is 9.93 Å². The highest BCUT2D eigenvalue weighted by molar-refractivity contribution is 7.82. The summed E-state index contributed by atoms with van der Waals surface area (Å²) in [6, 6.07) is 16.3. The summed E-state index contributed by atoms with van der Waals surface area (Å²) in [6.07, 6.45) is 2.20. The molecule has 1 heterocycles. The van der Waals surface area contributed by atoms with E-state index in [0.717, 1.165) is 26.4 Å². The van der Waals surface area contributed by atoms with Crippen LogP contribution in [0.3, 0.4) is 0 Å². The Labute approximate surface area is 164 Å². The quantitative estimate of drug-likeness (QED) is 0.570. The van der Waals surface area contributed by atoms with Crippen molar-refractivity contribution in [3.8, 4) is 11.1 Å². The second-order valence-electron chi connectivity index (χ2n) is 6.05. The molecule has 0 aliphatic rings. The number of amides is 1. The highest BCUT2D eigenvalue weighted by atomic mass is 32.2. The number of aromatic nitrogens is 1. The van der Waals surface area contributed by atoms with Crippen molar-refractivity contribution < 1.29 is 9.00 Å². The number of hydrogen-bond acceptors (Lipinski definition) is 4. The normalized spacial score (nSPS) is 13.2. The van der Waals surface area contributed by atoms with Gasteiger partial charge in [0.15, 0.2) is 0 Å². The Morgan fingerprint density at radius 3 is 2.74 bits per heavy atom. The van der Waals surface area contributed by atoms with Crippen LogP contribution < -0.4 is 10.5 Å². The summed E-state index contributed by atoms with van der Waals surface area (Å²) < 4.78 is 12.0. The van der Waals surface area contributed by atoms with E-state index in [-0.39, 0.29) is 18.2 Å². The first kappa shape index (κ1) is 19.4. The van der Waals surface area contributed by atoms with Crippen molar-refractivity contribution in [3.05, 3.63) is 66.2 Å². The molecule has 2 aromatic carbocycles. The van der Waals surface area contributed by atoms with Crippen LogP contribution in [-0.2, 0) is 15.8 Å². The number of allylic oxidation sites excluding steroid dienone is 1. The number of nitrogens with one attached hydrogen (secondary N) is 1. The lowest BCUT2D eigenvalue weighted by Crippen LogP contribution is -2.33. The highest BCUT2D eigenvalue weighted by Crippen LogP contribution is 2.32. The van der Waals surface area contributed by atoms with Gasteiger partial charge in [0.1, 0.15) is 5.01 Å². The molecule has 0 fully saturated rings. The van der Waals surface area contributed by atoms with Crippen molar-refractivity contribution in [1.82, 2.24) is 10.3 Å². The molecule has 7 heteroatoms. The third kappa shape index (κ3) is 4.88. The molecule has 0 bridgehead atoms. The summed E-state index contributed by atoms with van der Waals surface area (Å²) in [6.45, 7) is 4.03. The maximum atomic E-state index is 12.5. The summed E-state index contributed by atoms with van der Waals surface area (Å²) in [7, 11) is -1.42. The summed E-state index contributed by atoms with van der Waals surface area (Å²) in [5.74, 6) is -0.332. The van der Waals surface area contributed by atoms with Crippen LogP contribution in [0.25, 0.3) is 21.3 Å². The number of fused-ring (bicyclic) bond motifs is 1. The van der Waals surface area contributed by atoms with Crippen molar-refractivity contribution in [1.29, 1.82) is 0 Å². The molecule has 5 nitrogen and oxygen atoms in total. The molecule has 0 aliphatic carbocycles. The molecule has 2 atom stereocenters. The topological polar surface area (TPSA) is 85.1 Å². The molecule has 3 rings (SSSR count). The average Bonchev–Trinajstić information content (AvgIpc) is 3.09. The fourth-order valence-corrected chi connectivity index (χ4v) is 4.21. The van der Waals surface area contributed by atoms with Gasteiger partial charge in [-0.25, -0.2) is 9.19 Å². The van der Waals surface area contributed by atoms with Gasteiger partial charge in [-0.15, -0.1) is 17.9 Å². The molecule has 1 aromatic heterocycles. The van der Waals surface area contributed by atoms with Crippen LogP contribution in [0.4, 0.5) is 0 Å². The number of carbonyl (C=O) groups is 1. The standard InChI is InChI=1S/C20H21N3O2S2/c1-2-6-16(19(24)22-11-12-27(21)25)20-23-17-10-9-15(13-18(17)26-20)14-7-4-3-5-8-14/h2-5,7-10,13,16H,1,6,11-12,21H2,(H,22,24). The molecule has 0 saturated heterocycles. The molecule has 1 amide bonds. The highest BCUT2D eigenvalue weighted by Gasteiger charge is 2.23. The lowest BCUT2D eigenvalue weighted by molar-refractivity contribution is -0.122. The Kier molecular flexibility index (Phi) is 6.49. The number of thiazole rings is 1. The van der Waals surface area contributed by atoms with Gasteiger partial charge in [0.25, 0.3) is 0 Å². The Morgan fingerprint density at radius 2 is 2.04 bits per heavy atom. The monoisotopic (exact) mass is 399 g/mol. The average molecular weight is 400 g/mol. The van der Waals surface area contributed by atoms with Crippen molar-refractivity contribution in [2.75, 3.05) is 12.3 Å². The summed E-state index contributed by atoms with van der Waals surface area (Å²) in [4.78, 5) is 17.2. The largest absolute Gasteiger partial charge is 0.355 e. The van der Waals surface area contributed by atoms with Crippen molar-refractivity contribution in [2.45, 2.75) is 12.3 Å². The Hall–Kier alpha value is -2.35. The maximum Gasteiger partial charge on any atom is 0.230 e. The van der Waals surface area contributed by atoms with E-state index >= 15 is 0 Å². The first-order valence-electron chi connectivity index (χ1n) is 8.55. The van der Waals surface area contributed by atoms with Crippen LogP contribution >= 0.6 is 11.3 Å². The van der Waals surface area contributed by atoms with Crippen molar-refractivity contribution >= 4 is 38.4 Å². The van der Waals surface area contributed by atoms with E-state index in [0.29, 0.717) is 6.42 Å². The molecule has 3 aromatic rings. The fourth-order valence-electron chi connectivity index (χ4n) is 2.79. The summed E-state index contributed by atoms with van der Waals surface area (Å²) in [5.41, 5.74) is 3.14. The van der Waals surface area contributed by atoms with E-state index in [9.17, 15) is 9.00 Å². The number of rotatable bonds is 8. The molecule has 3 N–H and O–H groups in total. The van der Waals surface area contributed by atoms with Gasteiger partial charge < -0.3 is 5.32 Å². The van der Waals surface area contributed by atoms with Gasteiger partial charge in [0.05, 0.1) is 32.9 Å². The number of nitrogens with zero attached hydrogens (tertiary/aromatic N) is 1. The van der Waals surface area contributed by atoms with Gasteiger partial charge in [-0.1, -0.05) is 42.5 Å². The molecule has 0 aliphatic heterocycles. The number of nitrogens with two attached hydrogens (primary N) is 1. The number of benzene rings is 2. The van der Waals surface area contributed by atoms with Crippen LogP contribution in [0.15, 0.2) is 61.2 Å². The van der Waals surface area contributed by atoms with E-state index in [4.69, 9.17) is 5.14 Å². The maximum absolute atomic E-state index is 12.5. The predicted molar refractivity (Wildman–Crippen MR) is 113 cm³/mol. The second kappa shape index (κ2) is 9.03. The zero-order valence-electron chi connectivity index (χ0n) is 14.8. The van der Waals surface area contributed by atoms with E-state index in [1.165, 1.54) is 11.3 Å². The third-order valence-corrected chi connectivity index (χ3v) is 5.87. The molecule has 140 valence electrons. The van der Waals surface area contributed by atoms with Gasteiger partial charge >= 0.3 is 0 Å². The summed E-state index contributed by atoms with van der Waals surface area (Å²) >= 11 is 1.52. The molecular weight excluding hydrogens is 378 g/mol.